The lowest BCUT2D eigenvalue weighted by Crippen LogP contribution is -2.52. The number of aryl methyl sites for hydroxylation is 2. The minimum absolute atomic E-state index is 0.0685. The van der Waals surface area contributed by atoms with Gasteiger partial charge in [0, 0.05) is 10.9 Å². The van der Waals surface area contributed by atoms with Crippen molar-refractivity contribution in [3.63, 3.8) is 0 Å². The minimum atomic E-state index is 0.0685. The van der Waals surface area contributed by atoms with Crippen molar-refractivity contribution >= 4 is 11.3 Å². The second-order valence-corrected chi connectivity index (χ2v) is 9.10. The first-order chi connectivity index (χ1) is 9.13. The zero-order valence-corrected chi connectivity index (χ0v) is 14.9. The first-order valence-electron chi connectivity index (χ1n) is 7.86. The van der Waals surface area contributed by atoms with Crippen molar-refractivity contribution in [2.75, 3.05) is 0 Å². The molecule has 20 heavy (non-hydrogen) atoms. The Morgan fingerprint density at radius 2 is 1.90 bits per heavy atom. The van der Waals surface area contributed by atoms with Crippen molar-refractivity contribution < 1.29 is 0 Å². The number of hydrogen-bond acceptors (Lipinski definition) is 3. The van der Waals surface area contributed by atoms with Crippen molar-refractivity contribution in [3.8, 4) is 0 Å². The van der Waals surface area contributed by atoms with Crippen LogP contribution in [0.25, 0.3) is 0 Å². The molecule has 1 heterocycles. The molecule has 1 aliphatic rings. The van der Waals surface area contributed by atoms with Gasteiger partial charge in [0.15, 0.2) is 0 Å². The van der Waals surface area contributed by atoms with Crippen LogP contribution in [0.2, 0.25) is 0 Å². The molecule has 1 aromatic rings. The average molecular weight is 295 g/mol. The zero-order valence-electron chi connectivity index (χ0n) is 14.1. The van der Waals surface area contributed by atoms with E-state index in [1.165, 1.54) is 34.8 Å². The van der Waals surface area contributed by atoms with E-state index in [-0.39, 0.29) is 5.54 Å². The Labute approximate surface area is 128 Å². The van der Waals surface area contributed by atoms with Gasteiger partial charge in [-0.3, -0.25) is 0 Å². The van der Waals surface area contributed by atoms with Crippen molar-refractivity contribution in [2.45, 2.75) is 79.3 Å². The van der Waals surface area contributed by atoms with Crippen molar-refractivity contribution in [1.82, 2.24) is 10.3 Å². The summed E-state index contributed by atoms with van der Waals surface area (Å²) in [5.74, 6) is 0.745. The topological polar surface area (TPSA) is 24.9 Å². The molecule has 0 aliphatic heterocycles. The highest BCUT2D eigenvalue weighted by Gasteiger charge is 2.46. The molecule has 0 bridgehead atoms. The summed E-state index contributed by atoms with van der Waals surface area (Å²) in [6.45, 7) is 16.0. The lowest BCUT2D eigenvalue weighted by atomic mass is 9.64. The van der Waals surface area contributed by atoms with E-state index >= 15 is 0 Å². The highest BCUT2D eigenvalue weighted by molar-refractivity contribution is 7.11. The molecule has 2 rings (SSSR count). The summed E-state index contributed by atoms with van der Waals surface area (Å²) in [4.78, 5) is 6.28. The van der Waals surface area contributed by atoms with Gasteiger partial charge in [-0.2, -0.15) is 0 Å². The van der Waals surface area contributed by atoms with E-state index in [2.05, 4.69) is 53.8 Å². The Kier molecular flexibility index (Phi) is 4.32. The molecular weight excluding hydrogens is 264 g/mol. The summed E-state index contributed by atoms with van der Waals surface area (Å²) in [6, 6.07) is 0.487. The molecule has 2 nitrogen and oxygen atoms in total. The molecule has 1 aromatic heterocycles. The Bertz CT molecular complexity index is 452. The standard InChI is InChI=1S/C17H30N2S/c1-11(2)19-17(15-18-13(4)14(5)20-15)9-12(3)8-16(6,7)10-17/h11-12,19H,8-10H2,1-7H3. The van der Waals surface area contributed by atoms with Gasteiger partial charge >= 0.3 is 0 Å². The van der Waals surface area contributed by atoms with E-state index in [0.29, 0.717) is 11.5 Å². The molecule has 3 heteroatoms. The van der Waals surface area contributed by atoms with Crippen LogP contribution in [-0.4, -0.2) is 11.0 Å². The zero-order chi connectivity index (χ0) is 15.1. The summed E-state index contributed by atoms with van der Waals surface area (Å²) in [7, 11) is 0. The van der Waals surface area contributed by atoms with Crippen LogP contribution in [0.15, 0.2) is 0 Å². The van der Waals surface area contributed by atoms with E-state index in [9.17, 15) is 0 Å². The minimum Gasteiger partial charge on any atom is -0.303 e. The second-order valence-electron chi connectivity index (χ2n) is 7.90. The molecule has 1 aliphatic carbocycles. The fraction of sp³-hybridized carbons (Fsp3) is 0.824. The van der Waals surface area contributed by atoms with Gasteiger partial charge in [0.25, 0.3) is 0 Å². The molecule has 0 radical (unpaired) electrons. The van der Waals surface area contributed by atoms with E-state index < -0.39 is 0 Å². The molecular formula is C17H30N2S. The summed E-state index contributed by atoms with van der Waals surface area (Å²) < 4.78 is 0. The molecule has 2 unspecified atom stereocenters. The third-order valence-electron chi connectivity index (χ3n) is 4.38. The van der Waals surface area contributed by atoms with Crippen molar-refractivity contribution in [1.29, 1.82) is 0 Å². The largest absolute Gasteiger partial charge is 0.303 e. The van der Waals surface area contributed by atoms with Gasteiger partial charge < -0.3 is 5.32 Å². The molecule has 1 fully saturated rings. The third-order valence-corrected chi connectivity index (χ3v) is 5.66. The monoisotopic (exact) mass is 294 g/mol. The fourth-order valence-corrected chi connectivity index (χ4v) is 5.21. The normalized spacial score (nSPS) is 29.9. The summed E-state index contributed by atoms with van der Waals surface area (Å²) in [5.41, 5.74) is 1.65. The SMILES string of the molecule is Cc1nc(C2(NC(C)C)CC(C)CC(C)(C)C2)sc1C. The summed E-state index contributed by atoms with van der Waals surface area (Å²) in [6.07, 6.45) is 3.72. The van der Waals surface area contributed by atoms with Crippen LogP contribution in [0.1, 0.15) is 69.5 Å². The van der Waals surface area contributed by atoms with E-state index in [0.717, 1.165) is 5.92 Å². The van der Waals surface area contributed by atoms with E-state index in [1.807, 2.05) is 11.3 Å². The fourth-order valence-electron chi connectivity index (χ4n) is 4.14. The molecule has 1 N–H and O–H groups in total. The van der Waals surface area contributed by atoms with Crippen LogP contribution in [0.5, 0.6) is 0 Å². The van der Waals surface area contributed by atoms with E-state index in [1.54, 1.807) is 0 Å². The quantitative estimate of drug-likeness (QED) is 0.866. The van der Waals surface area contributed by atoms with Gasteiger partial charge in [-0.25, -0.2) is 4.98 Å². The highest BCUT2D eigenvalue weighted by Crippen LogP contribution is 2.49. The third kappa shape index (κ3) is 3.25. The van der Waals surface area contributed by atoms with Crippen LogP contribution in [0.3, 0.4) is 0 Å². The molecule has 114 valence electrons. The van der Waals surface area contributed by atoms with Gasteiger partial charge in [-0.1, -0.05) is 20.8 Å². The number of nitrogens with zero attached hydrogens (tertiary/aromatic N) is 1. The van der Waals surface area contributed by atoms with Crippen LogP contribution in [-0.2, 0) is 5.54 Å². The van der Waals surface area contributed by atoms with Crippen molar-refractivity contribution in [2.24, 2.45) is 11.3 Å². The van der Waals surface area contributed by atoms with Gasteiger partial charge in [-0.05, 0) is 58.3 Å². The number of thiazole rings is 1. The number of aromatic nitrogens is 1. The van der Waals surface area contributed by atoms with Gasteiger partial charge in [0.05, 0.1) is 11.2 Å². The smallest absolute Gasteiger partial charge is 0.113 e. The Hall–Kier alpha value is -0.410. The predicted octanol–water partition coefficient (Wildman–Crippen LogP) is 4.80. The molecule has 0 saturated heterocycles. The molecule has 0 spiro atoms. The number of rotatable bonds is 3. The molecule has 0 aromatic carbocycles. The van der Waals surface area contributed by atoms with Crippen molar-refractivity contribution in [3.05, 3.63) is 15.6 Å². The predicted molar refractivity (Wildman–Crippen MR) is 88.3 cm³/mol. The Balaban J connectivity index is 2.44. The first kappa shape index (κ1) is 16.0. The number of hydrogen-bond donors (Lipinski definition) is 1. The molecule has 1 saturated carbocycles. The molecule has 0 amide bonds. The van der Waals surface area contributed by atoms with E-state index in [4.69, 9.17) is 4.98 Å². The van der Waals surface area contributed by atoms with Gasteiger partial charge in [-0.15, -0.1) is 11.3 Å². The van der Waals surface area contributed by atoms with Crippen LogP contribution >= 0.6 is 11.3 Å². The highest BCUT2D eigenvalue weighted by atomic mass is 32.1. The maximum atomic E-state index is 4.92. The molecule has 2 atom stereocenters. The second kappa shape index (κ2) is 5.42. The lowest BCUT2D eigenvalue weighted by Gasteiger charge is -2.48. The average Bonchev–Trinajstić information content (AvgIpc) is 2.55. The van der Waals surface area contributed by atoms with Crippen LogP contribution in [0.4, 0.5) is 0 Å². The Morgan fingerprint density at radius 1 is 1.25 bits per heavy atom. The first-order valence-corrected chi connectivity index (χ1v) is 8.67. The van der Waals surface area contributed by atoms with Gasteiger partial charge in [0.1, 0.15) is 5.01 Å². The Morgan fingerprint density at radius 3 is 2.35 bits per heavy atom. The number of nitrogens with one attached hydrogen (secondary N) is 1. The summed E-state index contributed by atoms with van der Waals surface area (Å²) >= 11 is 1.89. The van der Waals surface area contributed by atoms with Gasteiger partial charge in [0.2, 0.25) is 0 Å². The maximum absolute atomic E-state index is 4.92. The van der Waals surface area contributed by atoms with Crippen LogP contribution < -0.4 is 5.32 Å². The maximum Gasteiger partial charge on any atom is 0.113 e. The lowest BCUT2D eigenvalue weighted by molar-refractivity contribution is 0.0731. The van der Waals surface area contributed by atoms with Crippen LogP contribution in [0, 0.1) is 25.2 Å². The summed E-state index contributed by atoms with van der Waals surface area (Å²) in [5, 5.41) is 5.19.